The number of amides is 3. The monoisotopic (exact) mass is 465 g/mol. The van der Waals surface area contributed by atoms with Gasteiger partial charge in [0.05, 0.1) is 5.56 Å². The summed E-state index contributed by atoms with van der Waals surface area (Å²) in [5.74, 6) is -0.844. The van der Waals surface area contributed by atoms with E-state index in [4.69, 9.17) is 4.74 Å². The molecule has 0 saturated heterocycles. The normalized spacial score (nSPS) is 11.5. The van der Waals surface area contributed by atoms with Crippen LogP contribution in [0.15, 0.2) is 48.5 Å². The van der Waals surface area contributed by atoms with Gasteiger partial charge in [0.15, 0.2) is 0 Å². The number of carbonyl (C=O) groups excluding carboxylic acids is 3. The van der Waals surface area contributed by atoms with Crippen LogP contribution in [-0.4, -0.2) is 30.1 Å². The van der Waals surface area contributed by atoms with Gasteiger partial charge in [-0.2, -0.15) is 13.2 Å². The molecule has 0 fully saturated rings. The minimum atomic E-state index is -4.47. The second-order valence-electron chi connectivity index (χ2n) is 8.19. The Kier molecular flexibility index (Phi) is 8.44. The fraction of sp³-hybridized carbons (Fsp3) is 0.348. The fourth-order valence-electron chi connectivity index (χ4n) is 2.65. The van der Waals surface area contributed by atoms with Gasteiger partial charge in [-0.15, -0.1) is 0 Å². The Bertz CT molecular complexity index is 984. The van der Waals surface area contributed by atoms with Crippen molar-refractivity contribution in [2.45, 2.75) is 45.5 Å². The summed E-state index contributed by atoms with van der Waals surface area (Å²) in [6.45, 7) is 5.51. The SMILES string of the molecule is CC(C)(C)OC(=O)NCCC(=O)NCc1cccc(NC(=O)c2ccc(C(F)(F)F)cc2)c1. The van der Waals surface area contributed by atoms with Crippen molar-refractivity contribution in [2.24, 2.45) is 0 Å². The number of alkyl halides is 3. The Morgan fingerprint density at radius 3 is 2.21 bits per heavy atom. The van der Waals surface area contributed by atoms with Crippen molar-refractivity contribution in [3.8, 4) is 0 Å². The van der Waals surface area contributed by atoms with Crippen LogP contribution in [0, 0.1) is 0 Å². The Balaban J connectivity index is 1.82. The van der Waals surface area contributed by atoms with Gasteiger partial charge in [-0.25, -0.2) is 4.79 Å². The number of carbonyl (C=O) groups is 3. The number of nitrogens with one attached hydrogen (secondary N) is 3. The molecular formula is C23H26F3N3O4. The van der Waals surface area contributed by atoms with Gasteiger partial charge < -0.3 is 20.7 Å². The molecular weight excluding hydrogens is 439 g/mol. The van der Waals surface area contributed by atoms with E-state index in [-0.39, 0.29) is 31.0 Å². The molecule has 0 aliphatic carbocycles. The second kappa shape index (κ2) is 10.8. The van der Waals surface area contributed by atoms with E-state index in [9.17, 15) is 27.6 Å². The molecule has 10 heteroatoms. The third kappa shape index (κ3) is 9.22. The number of benzene rings is 2. The molecule has 0 spiro atoms. The van der Waals surface area contributed by atoms with E-state index in [0.29, 0.717) is 11.3 Å². The molecule has 0 heterocycles. The Morgan fingerprint density at radius 1 is 0.939 bits per heavy atom. The summed E-state index contributed by atoms with van der Waals surface area (Å²) >= 11 is 0. The number of rotatable bonds is 7. The predicted octanol–water partition coefficient (Wildman–Crippen LogP) is 4.49. The van der Waals surface area contributed by atoms with E-state index < -0.39 is 29.3 Å². The third-order valence-corrected chi connectivity index (χ3v) is 4.17. The van der Waals surface area contributed by atoms with Gasteiger partial charge in [0.25, 0.3) is 5.91 Å². The summed E-state index contributed by atoms with van der Waals surface area (Å²) in [6.07, 6.45) is -5.02. The minimum Gasteiger partial charge on any atom is -0.444 e. The van der Waals surface area contributed by atoms with Crippen LogP contribution in [0.25, 0.3) is 0 Å². The van der Waals surface area contributed by atoms with Gasteiger partial charge in [0.2, 0.25) is 5.91 Å². The van der Waals surface area contributed by atoms with Gasteiger partial charge >= 0.3 is 12.3 Å². The van der Waals surface area contributed by atoms with E-state index >= 15 is 0 Å². The Morgan fingerprint density at radius 2 is 1.61 bits per heavy atom. The first-order valence-corrected chi connectivity index (χ1v) is 10.1. The molecule has 178 valence electrons. The summed E-state index contributed by atoms with van der Waals surface area (Å²) < 4.78 is 43.0. The zero-order valence-corrected chi connectivity index (χ0v) is 18.5. The number of hydrogen-bond donors (Lipinski definition) is 3. The van der Waals surface area contributed by atoms with Crippen LogP contribution in [0.5, 0.6) is 0 Å². The number of hydrogen-bond acceptors (Lipinski definition) is 4. The average Bonchev–Trinajstić information content (AvgIpc) is 2.70. The van der Waals surface area contributed by atoms with Gasteiger partial charge in [-0.3, -0.25) is 9.59 Å². The first kappa shape index (κ1) is 25.7. The number of ether oxygens (including phenoxy) is 1. The van der Waals surface area contributed by atoms with E-state index in [1.54, 1.807) is 45.0 Å². The molecule has 0 radical (unpaired) electrons. The minimum absolute atomic E-state index is 0.0591. The number of alkyl carbamates (subject to hydrolysis) is 1. The van der Waals surface area contributed by atoms with Crippen molar-refractivity contribution in [3.63, 3.8) is 0 Å². The smallest absolute Gasteiger partial charge is 0.416 e. The molecule has 33 heavy (non-hydrogen) atoms. The van der Waals surface area contributed by atoms with Gasteiger partial charge in [-0.1, -0.05) is 12.1 Å². The molecule has 2 aromatic carbocycles. The lowest BCUT2D eigenvalue weighted by molar-refractivity contribution is -0.137. The van der Waals surface area contributed by atoms with Gasteiger partial charge in [0.1, 0.15) is 5.60 Å². The van der Waals surface area contributed by atoms with E-state index in [1.807, 2.05) is 0 Å². The summed E-state index contributed by atoms with van der Waals surface area (Å²) in [7, 11) is 0. The molecule has 0 aliphatic heterocycles. The van der Waals surface area contributed by atoms with Crippen LogP contribution in [-0.2, 0) is 22.3 Å². The molecule has 0 bridgehead atoms. The lowest BCUT2D eigenvalue weighted by Gasteiger charge is -2.19. The van der Waals surface area contributed by atoms with Crippen molar-refractivity contribution in [1.82, 2.24) is 10.6 Å². The lowest BCUT2D eigenvalue weighted by Crippen LogP contribution is -2.35. The highest BCUT2D eigenvalue weighted by Gasteiger charge is 2.30. The first-order chi connectivity index (χ1) is 15.3. The standard InChI is InChI=1S/C23H26F3N3O4/c1-22(2,3)33-21(32)27-12-11-19(30)28-14-15-5-4-6-18(13-15)29-20(31)16-7-9-17(10-8-16)23(24,25)26/h4-10,13H,11-12,14H2,1-3H3,(H,27,32)(H,28,30)(H,29,31). The van der Waals surface area contributed by atoms with Crippen LogP contribution in [0.4, 0.5) is 23.7 Å². The van der Waals surface area contributed by atoms with Crippen molar-refractivity contribution >= 4 is 23.6 Å². The molecule has 0 saturated carbocycles. The predicted molar refractivity (Wildman–Crippen MR) is 117 cm³/mol. The van der Waals surface area contributed by atoms with Gasteiger partial charge in [0, 0.05) is 30.8 Å². The summed E-state index contributed by atoms with van der Waals surface area (Å²) in [5.41, 5.74) is -0.247. The molecule has 0 aliphatic rings. The fourth-order valence-corrected chi connectivity index (χ4v) is 2.65. The quantitative estimate of drug-likeness (QED) is 0.562. The van der Waals surface area contributed by atoms with Gasteiger partial charge in [-0.05, 0) is 62.7 Å². The highest BCUT2D eigenvalue weighted by molar-refractivity contribution is 6.04. The number of anilines is 1. The summed E-state index contributed by atoms with van der Waals surface area (Å²) in [5, 5.41) is 7.81. The Labute approximate surface area is 189 Å². The van der Waals surface area contributed by atoms with E-state index in [0.717, 1.165) is 24.3 Å². The van der Waals surface area contributed by atoms with Crippen LogP contribution in [0.3, 0.4) is 0 Å². The molecule has 2 rings (SSSR count). The van der Waals surface area contributed by atoms with Crippen LogP contribution in [0.1, 0.15) is 48.7 Å². The van der Waals surface area contributed by atoms with Crippen molar-refractivity contribution in [1.29, 1.82) is 0 Å². The molecule has 3 amide bonds. The number of halogens is 3. The summed E-state index contributed by atoms with van der Waals surface area (Å²) in [6, 6.07) is 10.6. The first-order valence-electron chi connectivity index (χ1n) is 10.1. The molecule has 0 unspecified atom stereocenters. The molecule has 2 aromatic rings. The molecule has 0 atom stereocenters. The topological polar surface area (TPSA) is 96.5 Å². The average molecular weight is 465 g/mol. The highest BCUT2D eigenvalue weighted by Crippen LogP contribution is 2.29. The van der Waals surface area contributed by atoms with Crippen molar-refractivity contribution in [3.05, 3.63) is 65.2 Å². The highest BCUT2D eigenvalue weighted by atomic mass is 19.4. The third-order valence-electron chi connectivity index (χ3n) is 4.17. The molecule has 0 aromatic heterocycles. The maximum Gasteiger partial charge on any atom is 0.416 e. The molecule has 3 N–H and O–H groups in total. The van der Waals surface area contributed by atoms with Crippen molar-refractivity contribution in [2.75, 3.05) is 11.9 Å². The molecule has 7 nitrogen and oxygen atoms in total. The Hall–Kier alpha value is -3.56. The van der Waals surface area contributed by atoms with Crippen molar-refractivity contribution < 1.29 is 32.3 Å². The van der Waals surface area contributed by atoms with E-state index in [1.165, 1.54) is 0 Å². The van der Waals surface area contributed by atoms with Crippen LogP contribution < -0.4 is 16.0 Å². The largest absolute Gasteiger partial charge is 0.444 e. The summed E-state index contributed by atoms with van der Waals surface area (Å²) in [4.78, 5) is 35.8. The maximum absolute atomic E-state index is 12.6. The van der Waals surface area contributed by atoms with Crippen LogP contribution in [0.2, 0.25) is 0 Å². The van der Waals surface area contributed by atoms with Crippen LogP contribution >= 0.6 is 0 Å². The zero-order valence-electron chi connectivity index (χ0n) is 18.5. The van der Waals surface area contributed by atoms with E-state index in [2.05, 4.69) is 16.0 Å². The second-order valence-corrected chi connectivity index (χ2v) is 8.19. The zero-order chi connectivity index (χ0) is 24.6. The lowest BCUT2D eigenvalue weighted by atomic mass is 10.1. The maximum atomic E-state index is 12.6.